The normalized spacial score (nSPS) is 10.5. The van der Waals surface area contributed by atoms with Crippen molar-refractivity contribution in [2.45, 2.75) is 13.3 Å². The summed E-state index contributed by atoms with van der Waals surface area (Å²) in [5.41, 5.74) is 2.96. The van der Waals surface area contributed by atoms with Crippen LogP contribution in [-0.2, 0) is 11.2 Å². The topological polar surface area (TPSA) is 71.3 Å². The highest BCUT2D eigenvalue weighted by molar-refractivity contribution is 9.10. The van der Waals surface area contributed by atoms with Gasteiger partial charge in [-0.2, -0.15) is 0 Å². The molecule has 0 unspecified atom stereocenters. The maximum absolute atomic E-state index is 12.3. The predicted molar refractivity (Wildman–Crippen MR) is 109 cm³/mol. The summed E-state index contributed by atoms with van der Waals surface area (Å²) in [6.07, 6.45) is 0.214. The van der Waals surface area contributed by atoms with E-state index >= 15 is 0 Å². The zero-order chi connectivity index (χ0) is 19.4. The Morgan fingerprint density at radius 2 is 1.78 bits per heavy atom. The molecule has 3 aromatic rings. The maximum atomic E-state index is 12.3. The third-order valence-electron chi connectivity index (χ3n) is 3.92. The Labute approximate surface area is 169 Å². The third kappa shape index (κ3) is 4.99. The molecule has 0 atom stereocenters. The van der Waals surface area contributed by atoms with E-state index in [-0.39, 0.29) is 24.0 Å². The summed E-state index contributed by atoms with van der Waals surface area (Å²) in [5, 5.41) is 6.20. The number of anilines is 2. The molecule has 2 aromatic carbocycles. The highest BCUT2D eigenvalue weighted by atomic mass is 79.9. The highest BCUT2D eigenvalue weighted by Crippen LogP contribution is 2.23. The number of carbonyl (C=O) groups excluding carboxylic acids is 2. The first-order valence-corrected chi connectivity index (χ1v) is 9.30. The smallest absolute Gasteiger partial charge is 0.291 e. The van der Waals surface area contributed by atoms with Crippen molar-refractivity contribution in [1.82, 2.24) is 0 Å². The molecule has 2 N–H and O–H groups in total. The summed E-state index contributed by atoms with van der Waals surface area (Å²) >= 11 is 9.23. The lowest BCUT2D eigenvalue weighted by Gasteiger charge is -2.10. The molecule has 138 valence electrons. The van der Waals surface area contributed by atoms with E-state index in [0.717, 1.165) is 11.1 Å². The molecule has 0 radical (unpaired) electrons. The molecule has 2 amide bonds. The Kier molecular flexibility index (Phi) is 5.98. The van der Waals surface area contributed by atoms with Gasteiger partial charge in [-0.3, -0.25) is 9.59 Å². The molecule has 0 aliphatic rings. The van der Waals surface area contributed by atoms with Crippen molar-refractivity contribution in [2.75, 3.05) is 10.6 Å². The van der Waals surface area contributed by atoms with E-state index in [1.54, 1.807) is 48.5 Å². The number of hydrogen-bond acceptors (Lipinski definition) is 3. The first-order valence-electron chi connectivity index (χ1n) is 8.13. The van der Waals surface area contributed by atoms with Crippen molar-refractivity contribution in [1.29, 1.82) is 0 Å². The van der Waals surface area contributed by atoms with Crippen molar-refractivity contribution >= 4 is 50.7 Å². The van der Waals surface area contributed by atoms with E-state index in [1.165, 1.54) is 0 Å². The SMILES string of the molecule is Cc1c(Cl)cccc1NC(=O)Cc1ccc(NC(=O)c2ccc(Br)o2)cc1. The Hall–Kier alpha value is -2.57. The minimum absolute atomic E-state index is 0.141. The number of halogens is 2. The first-order chi connectivity index (χ1) is 12.9. The minimum atomic E-state index is -0.345. The molecule has 1 aromatic heterocycles. The molecule has 3 rings (SSSR count). The van der Waals surface area contributed by atoms with Gasteiger partial charge in [-0.1, -0.05) is 29.8 Å². The molecule has 0 aliphatic carbocycles. The van der Waals surface area contributed by atoms with Gasteiger partial charge in [-0.25, -0.2) is 0 Å². The first kappa shape index (κ1) is 19.2. The fourth-order valence-corrected chi connectivity index (χ4v) is 2.94. The van der Waals surface area contributed by atoms with Gasteiger partial charge in [0.1, 0.15) is 0 Å². The van der Waals surface area contributed by atoms with Crippen LogP contribution in [-0.4, -0.2) is 11.8 Å². The van der Waals surface area contributed by atoms with Gasteiger partial charge in [-0.05, 0) is 70.4 Å². The Morgan fingerprint density at radius 1 is 1.04 bits per heavy atom. The number of rotatable bonds is 5. The number of amides is 2. The number of nitrogens with one attached hydrogen (secondary N) is 2. The van der Waals surface area contributed by atoms with Crippen LogP contribution in [0.15, 0.2) is 63.7 Å². The van der Waals surface area contributed by atoms with Gasteiger partial charge in [0.25, 0.3) is 5.91 Å². The fourth-order valence-electron chi connectivity index (χ4n) is 2.46. The maximum Gasteiger partial charge on any atom is 0.291 e. The van der Waals surface area contributed by atoms with Crippen LogP contribution in [0.25, 0.3) is 0 Å². The second-order valence-corrected chi connectivity index (χ2v) is 7.08. The Balaban J connectivity index is 1.59. The van der Waals surface area contributed by atoms with Crippen molar-refractivity contribution in [3.05, 3.63) is 81.2 Å². The van der Waals surface area contributed by atoms with Gasteiger partial charge in [0.2, 0.25) is 5.91 Å². The van der Waals surface area contributed by atoms with Crippen molar-refractivity contribution < 1.29 is 14.0 Å². The molecule has 0 spiro atoms. The second kappa shape index (κ2) is 8.41. The molecule has 1 heterocycles. The number of hydrogen-bond donors (Lipinski definition) is 2. The average Bonchev–Trinajstić information content (AvgIpc) is 3.07. The lowest BCUT2D eigenvalue weighted by molar-refractivity contribution is -0.115. The van der Waals surface area contributed by atoms with Crippen LogP contribution in [0, 0.1) is 6.92 Å². The van der Waals surface area contributed by atoms with Gasteiger partial charge in [0.05, 0.1) is 6.42 Å². The van der Waals surface area contributed by atoms with Crippen LogP contribution < -0.4 is 10.6 Å². The molecular weight excluding hydrogens is 432 g/mol. The fraction of sp³-hybridized carbons (Fsp3) is 0.100. The molecule has 7 heteroatoms. The number of carbonyl (C=O) groups is 2. The Bertz CT molecular complexity index is 983. The molecule has 0 saturated carbocycles. The van der Waals surface area contributed by atoms with E-state index < -0.39 is 0 Å². The lowest BCUT2D eigenvalue weighted by atomic mass is 10.1. The summed E-state index contributed by atoms with van der Waals surface area (Å²) in [4.78, 5) is 24.3. The van der Waals surface area contributed by atoms with Crippen LogP contribution in [0.2, 0.25) is 5.02 Å². The average molecular weight is 448 g/mol. The summed E-state index contributed by atoms with van der Waals surface area (Å²) in [7, 11) is 0. The molecule has 0 bridgehead atoms. The van der Waals surface area contributed by atoms with Crippen LogP contribution in [0.1, 0.15) is 21.7 Å². The van der Waals surface area contributed by atoms with Crippen LogP contribution >= 0.6 is 27.5 Å². The van der Waals surface area contributed by atoms with Crippen LogP contribution in [0.4, 0.5) is 11.4 Å². The molecule has 27 heavy (non-hydrogen) atoms. The standard InChI is InChI=1S/C20H16BrClN2O3/c1-12-15(22)3-2-4-16(12)24-19(25)11-13-5-7-14(8-6-13)23-20(26)17-9-10-18(21)27-17/h2-10H,11H2,1H3,(H,23,26)(H,24,25). The zero-order valence-corrected chi connectivity index (χ0v) is 16.7. The van der Waals surface area contributed by atoms with Crippen LogP contribution in [0.5, 0.6) is 0 Å². The van der Waals surface area contributed by atoms with Gasteiger partial charge < -0.3 is 15.1 Å². The second-order valence-electron chi connectivity index (χ2n) is 5.89. The molecule has 0 aliphatic heterocycles. The summed E-state index contributed by atoms with van der Waals surface area (Å²) in [6.45, 7) is 1.85. The quantitative estimate of drug-likeness (QED) is 0.547. The van der Waals surface area contributed by atoms with Gasteiger partial charge in [0, 0.05) is 16.4 Å². The summed E-state index contributed by atoms with van der Waals surface area (Å²) < 4.78 is 5.70. The van der Waals surface area contributed by atoms with Gasteiger partial charge in [-0.15, -0.1) is 0 Å². The Morgan fingerprint density at radius 3 is 2.44 bits per heavy atom. The van der Waals surface area contributed by atoms with Crippen molar-refractivity contribution in [2.24, 2.45) is 0 Å². The number of benzene rings is 2. The van der Waals surface area contributed by atoms with E-state index in [9.17, 15) is 9.59 Å². The minimum Gasteiger partial charge on any atom is -0.444 e. The van der Waals surface area contributed by atoms with Crippen molar-refractivity contribution in [3.8, 4) is 0 Å². The third-order valence-corrected chi connectivity index (χ3v) is 4.75. The van der Waals surface area contributed by atoms with Crippen LogP contribution in [0.3, 0.4) is 0 Å². The molecule has 0 saturated heterocycles. The monoisotopic (exact) mass is 446 g/mol. The number of furan rings is 1. The largest absolute Gasteiger partial charge is 0.444 e. The highest BCUT2D eigenvalue weighted by Gasteiger charge is 2.11. The van der Waals surface area contributed by atoms with Gasteiger partial charge in [0.15, 0.2) is 10.4 Å². The predicted octanol–water partition coefficient (Wildman–Crippen LogP) is 5.44. The molecule has 5 nitrogen and oxygen atoms in total. The molecular formula is C20H16BrClN2O3. The van der Waals surface area contributed by atoms with E-state index in [2.05, 4.69) is 26.6 Å². The van der Waals surface area contributed by atoms with Gasteiger partial charge >= 0.3 is 0 Å². The molecule has 0 fully saturated rings. The zero-order valence-electron chi connectivity index (χ0n) is 14.4. The van der Waals surface area contributed by atoms with E-state index in [4.69, 9.17) is 16.0 Å². The summed E-state index contributed by atoms with van der Waals surface area (Å²) in [6, 6.07) is 15.7. The summed E-state index contributed by atoms with van der Waals surface area (Å²) in [5.74, 6) is -0.276. The van der Waals surface area contributed by atoms with E-state index in [0.29, 0.717) is 21.1 Å². The van der Waals surface area contributed by atoms with E-state index in [1.807, 2.05) is 13.0 Å². The lowest BCUT2D eigenvalue weighted by Crippen LogP contribution is -2.15. The van der Waals surface area contributed by atoms with Crippen molar-refractivity contribution in [3.63, 3.8) is 0 Å².